The molecule has 0 radical (unpaired) electrons. The van der Waals surface area contributed by atoms with E-state index in [1.807, 2.05) is 31.7 Å². The zero-order chi connectivity index (χ0) is 18.4. The second-order valence-electron chi connectivity index (χ2n) is 6.97. The molecule has 0 N–H and O–H groups in total. The van der Waals surface area contributed by atoms with Gasteiger partial charge in [-0.3, -0.25) is 0 Å². The van der Waals surface area contributed by atoms with Gasteiger partial charge in [-0.1, -0.05) is 11.6 Å². The van der Waals surface area contributed by atoms with E-state index in [4.69, 9.17) is 16.3 Å². The second-order valence-corrected chi connectivity index (χ2v) is 8.25. The number of pyridine rings is 1. The first kappa shape index (κ1) is 18.1. The monoisotopic (exact) mass is 427 g/mol. The number of ether oxygens (including phenoxy) is 1. The molecule has 0 bridgehead atoms. The topological polar surface area (TPSA) is 71.5 Å². The molecule has 1 aliphatic heterocycles. The van der Waals surface area contributed by atoms with Gasteiger partial charge in [-0.2, -0.15) is 0 Å². The number of hydrogen-bond acceptors (Lipinski definition) is 6. The normalized spacial score (nSPS) is 15.2. The maximum Gasteiger partial charge on any atom is 0.410 e. The molecule has 1 amide bonds. The Kier molecular flexibility index (Phi) is 4.76. The van der Waals surface area contributed by atoms with Gasteiger partial charge >= 0.3 is 6.09 Å². The number of halogens is 2. The van der Waals surface area contributed by atoms with Gasteiger partial charge in [-0.05, 0) is 42.8 Å². The quantitative estimate of drug-likeness (QED) is 0.729. The maximum absolute atomic E-state index is 12.1. The summed E-state index contributed by atoms with van der Waals surface area (Å²) in [5, 5.41) is 0.309. The van der Waals surface area contributed by atoms with Crippen LogP contribution in [0.4, 0.5) is 10.6 Å². The summed E-state index contributed by atoms with van der Waals surface area (Å²) in [6.07, 6.45) is 1.14. The fourth-order valence-corrected chi connectivity index (χ4v) is 2.85. The SMILES string of the molecule is CN(C(=O)OC1CN(c2nc3ncc(Br)cc3nc2Cl)C1)C(C)(C)C. The highest BCUT2D eigenvalue weighted by Crippen LogP contribution is 2.29. The number of fused-ring (bicyclic) bond motifs is 1. The summed E-state index contributed by atoms with van der Waals surface area (Å²) < 4.78 is 6.32. The number of rotatable bonds is 2. The molecule has 1 fully saturated rings. The molecular weight excluding hydrogens is 410 g/mol. The molecular formula is C16H19BrClN5O2. The van der Waals surface area contributed by atoms with Crippen LogP contribution < -0.4 is 4.90 Å². The summed E-state index contributed by atoms with van der Waals surface area (Å²) in [5.41, 5.74) is 0.863. The first-order valence-electron chi connectivity index (χ1n) is 7.83. The summed E-state index contributed by atoms with van der Waals surface area (Å²) in [7, 11) is 1.73. The molecule has 134 valence electrons. The van der Waals surface area contributed by atoms with Crippen molar-refractivity contribution in [2.24, 2.45) is 0 Å². The van der Waals surface area contributed by atoms with E-state index in [2.05, 4.69) is 30.9 Å². The smallest absolute Gasteiger partial charge is 0.410 e. The van der Waals surface area contributed by atoms with Gasteiger partial charge in [0.25, 0.3) is 0 Å². The van der Waals surface area contributed by atoms with Crippen LogP contribution in [0.5, 0.6) is 0 Å². The van der Waals surface area contributed by atoms with Gasteiger partial charge in [-0.25, -0.2) is 19.7 Å². The van der Waals surface area contributed by atoms with Crippen molar-refractivity contribution in [3.8, 4) is 0 Å². The fraction of sp³-hybridized carbons (Fsp3) is 0.500. The Morgan fingerprint density at radius 1 is 1.40 bits per heavy atom. The Balaban J connectivity index is 1.67. The molecule has 9 heteroatoms. The van der Waals surface area contributed by atoms with Crippen LogP contribution in [0.15, 0.2) is 16.7 Å². The van der Waals surface area contributed by atoms with E-state index in [0.29, 0.717) is 35.2 Å². The molecule has 2 aromatic rings. The lowest BCUT2D eigenvalue weighted by molar-refractivity contribution is 0.0365. The number of carbonyl (C=O) groups is 1. The van der Waals surface area contributed by atoms with Crippen LogP contribution in [0.25, 0.3) is 11.2 Å². The zero-order valence-electron chi connectivity index (χ0n) is 14.5. The van der Waals surface area contributed by atoms with Crippen molar-refractivity contribution < 1.29 is 9.53 Å². The molecule has 25 heavy (non-hydrogen) atoms. The summed E-state index contributed by atoms with van der Waals surface area (Å²) in [4.78, 5) is 28.7. The molecule has 0 spiro atoms. The number of aromatic nitrogens is 3. The molecule has 1 aliphatic rings. The second kappa shape index (κ2) is 6.57. The molecule has 2 aromatic heterocycles. The third-order valence-electron chi connectivity index (χ3n) is 4.12. The van der Waals surface area contributed by atoms with Crippen molar-refractivity contribution in [2.45, 2.75) is 32.4 Å². The van der Waals surface area contributed by atoms with E-state index in [9.17, 15) is 4.79 Å². The molecule has 3 rings (SSSR count). The van der Waals surface area contributed by atoms with Crippen LogP contribution in [-0.4, -0.2) is 57.7 Å². The van der Waals surface area contributed by atoms with E-state index in [1.54, 1.807) is 18.1 Å². The standard InChI is InChI=1S/C16H19BrClN5O2/c1-16(2,3)22(4)15(24)25-10-7-23(8-10)14-12(18)20-11-5-9(17)6-19-13(11)21-14/h5-6,10H,7-8H2,1-4H3. The zero-order valence-corrected chi connectivity index (χ0v) is 16.8. The average Bonchev–Trinajstić information content (AvgIpc) is 2.48. The van der Waals surface area contributed by atoms with Crippen LogP contribution in [-0.2, 0) is 4.74 Å². The van der Waals surface area contributed by atoms with Gasteiger partial charge in [-0.15, -0.1) is 0 Å². The number of hydrogen-bond donors (Lipinski definition) is 0. The maximum atomic E-state index is 12.1. The molecule has 0 aromatic carbocycles. The van der Waals surface area contributed by atoms with Gasteiger partial charge in [0.15, 0.2) is 16.6 Å². The Morgan fingerprint density at radius 3 is 2.72 bits per heavy atom. The van der Waals surface area contributed by atoms with Crippen molar-refractivity contribution in [1.29, 1.82) is 0 Å². The van der Waals surface area contributed by atoms with Gasteiger partial charge in [0.2, 0.25) is 0 Å². The molecule has 7 nitrogen and oxygen atoms in total. The summed E-state index contributed by atoms with van der Waals surface area (Å²) >= 11 is 9.60. The summed E-state index contributed by atoms with van der Waals surface area (Å²) in [6, 6.07) is 1.81. The van der Waals surface area contributed by atoms with Crippen molar-refractivity contribution in [3.05, 3.63) is 21.9 Å². The summed E-state index contributed by atoms with van der Waals surface area (Å²) in [6.45, 7) is 6.92. The van der Waals surface area contributed by atoms with Crippen LogP contribution >= 0.6 is 27.5 Å². The molecule has 0 unspecified atom stereocenters. The van der Waals surface area contributed by atoms with E-state index in [0.717, 1.165) is 4.47 Å². The highest BCUT2D eigenvalue weighted by Gasteiger charge is 2.35. The lowest BCUT2D eigenvalue weighted by atomic mass is 10.1. The van der Waals surface area contributed by atoms with Crippen molar-refractivity contribution >= 4 is 50.6 Å². The lowest BCUT2D eigenvalue weighted by Gasteiger charge is -2.41. The van der Waals surface area contributed by atoms with Crippen molar-refractivity contribution in [3.63, 3.8) is 0 Å². The van der Waals surface area contributed by atoms with E-state index < -0.39 is 0 Å². The number of anilines is 1. The minimum absolute atomic E-state index is 0.191. The van der Waals surface area contributed by atoms with E-state index >= 15 is 0 Å². The Morgan fingerprint density at radius 2 is 2.08 bits per heavy atom. The van der Waals surface area contributed by atoms with Gasteiger partial charge in [0.05, 0.1) is 13.1 Å². The first-order valence-corrected chi connectivity index (χ1v) is 9.00. The molecule has 0 aliphatic carbocycles. The minimum atomic E-state index is -0.334. The number of amides is 1. The predicted octanol–water partition coefficient (Wildman–Crippen LogP) is 3.50. The Bertz CT molecular complexity index is 820. The Labute approximate surface area is 159 Å². The molecule has 1 saturated heterocycles. The first-order chi connectivity index (χ1) is 11.6. The highest BCUT2D eigenvalue weighted by atomic mass is 79.9. The lowest BCUT2D eigenvalue weighted by Crippen LogP contribution is -2.55. The van der Waals surface area contributed by atoms with Gasteiger partial charge in [0.1, 0.15) is 11.6 Å². The summed E-state index contributed by atoms with van der Waals surface area (Å²) in [5.74, 6) is 0.556. The van der Waals surface area contributed by atoms with Crippen LogP contribution in [0, 0.1) is 0 Å². The van der Waals surface area contributed by atoms with Crippen LogP contribution in [0.2, 0.25) is 5.15 Å². The largest absolute Gasteiger partial charge is 0.442 e. The number of nitrogens with zero attached hydrogens (tertiary/aromatic N) is 5. The van der Waals surface area contributed by atoms with E-state index in [1.165, 1.54) is 0 Å². The van der Waals surface area contributed by atoms with Crippen LogP contribution in [0.3, 0.4) is 0 Å². The molecule has 0 saturated carbocycles. The van der Waals surface area contributed by atoms with Crippen LogP contribution in [0.1, 0.15) is 20.8 Å². The average molecular weight is 429 g/mol. The van der Waals surface area contributed by atoms with Gasteiger partial charge in [0, 0.05) is 23.3 Å². The predicted molar refractivity (Wildman–Crippen MR) is 100 cm³/mol. The third kappa shape index (κ3) is 3.79. The molecule has 0 atom stereocenters. The molecule has 3 heterocycles. The van der Waals surface area contributed by atoms with Crippen molar-refractivity contribution in [2.75, 3.05) is 25.0 Å². The number of carbonyl (C=O) groups excluding carboxylic acids is 1. The minimum Gasteiger partial charge on any atom is -0.442 e. The highest BCUT2D eigenvalue weighted by molar-refractivity contribution is 9.10. The van der Waals surface area contributed by atoms with Gasteiger partial charge < -0.3 is 14.5 Å². The Hall–Kier alpha value is -1.67. The fourth-order valence-electron chi connectivity index (χ4n) is 2.27. The van der Waals surface area contributed by atoms with Crippen molar-refractivity contribution in [1.82, 2.24) is 19.9 Å². The third-order valence-corrected chi connectivity index (χ3v) is 4.81. The van der Waals surface area contributed by atoms with E-state index in [-0.39, 0.29) is 17.7 Å².